The predicted octanol–water partition coefficient (Wildman–Crippen LogP) is 5.56. The molecule has 0 bridgehead atoms. The molecule has 1 N–H and O–H groups in total. The molecule has 1 saturated heterocycles. The summed E-state index contributed by atoms with van der Waals surface area (Å²) in [6, 6.07) is 34.9. The number of rotatable bonds is 9. The lowest BCUT2D eigenvalue weighted by atomic mass is 9.74. The summed E-state index contributed by atoms with van der Waals surface area (Å²) in [5, 5.41) is 3.14. The Hall–Kier alpha value is -3.94. The maximum absolute atomic E-state index is 13.5. The molecule has 200 valence electrons. The third-order valence-corrected chi connectivity index (χ3v) is 9.13. The molecule has 0 spiro atoms. The maximum Gasteiger partial charge on any atom is 0.264 e. The van der Waals surface area contributed by atoms with Gasteiger partial charge in [-0.3, -0.25) is 9.10 Å². The van der Waals surface area contributed by atoms with E-state index >= 15 is 0 Å². The molecule has 1 heterocycles. The highest BCUT2D eigenvalue weighted by Gasteiger charge is 2.34. The Labute approximate surface area is 230 Å². The summed E-state index contributed by atoms with van der Waals surface area (Å²) in [5.41, 5.74) is 2.94. The Kier molecular flexibility index (Phi) is 8.10. The molecule has 1 amide bonds. The highest BCUT2D eigenvalue weighted by atomic mass is 32.2. The van der Waals surface area contributed by atoms with Gasteiger partial charge in [0.2, 0.25) is 0 Å². The molecule has 0 aliphatic carbocycles. The number of carbonyl (C=O) groups is 1. The largest absolute Gasteiger partial charge is 0.381 e. The van der Waals surface area contributed by atoms with Crippen LogP contribution in [0.1, 0.15) is 34.3 Å². The van der Waals surface area contributed by atoms with E-state index in [9.17, 15) is 13.2 Å². The first-order valence-electron chi connectivity index (χ1n) is 13.1. The van der Waals surface area contributed by atoms with Gasteiger partial charge in [0, 0.05) is 30.7 Å². The van der Waals surface area contributed by atoms with E-state index in [1.807, 2.05) is 48.5 Å². The van der Waals surface area contributed by atoms with E-state index < -0.39 is 10.0 Å². The zero-order chi connectivity index (χ0) is 27.1. The van der Waals surface area contributed by atoms with E-state index in [0.29, 0.717) is 31.0 Å². The first kappa shape index (κ1) is 26.7. The summed E-state index contributed by atoms with van der Waals surface area (Å²) in [4.78, 5) is 13.3. The Morgan fingerprint density at radius 3 is 1.95 bits per heavy atom. The van der Waals surface area contributed by atoms with Crippen LogP contribution < -0.4 is 9.62 Å². The Morgan fingerprint density at radius 1 is 0.769 bits per heavy atom. The zero-order valence-corrected chi connectivity index (χ0v) is 22.5. The van der Waals surface area contributed by atoms with Crippen LogP contribution in [0.4, 0.5) is 5.69 Å². The fourth-order valence-corrected chi connectivity index (χ4v) is 6.50. The molecule has 6 nitrogen and oxygen atoms in total. The molecule has 4 aromatic carbocycles. The van der Waals surface area contributed by atoms with Crippen LogP contribution in [0.5, 0.6) is 0 Å². The smallest absolute Gasteiger partial charge is 0.264 e. The number of ether oxygens (including phenoxy) is 1. The monoisotopic (exact) mass is 540 g/mol. The summed E-state index contributed by atoms with van der Waals surface area (Å²) in [5.74, 6) is -0.153. The quantitative estimate of drug-likeness (QED) is 0.302. The van der Waals surface area contributed by atoms with Gasteiger partial charge in [0.05, 0.1) is 17.1 Å². The van der Waals surface area contributed by atoms with E-state index in [1.165, 1.54) is 9.87 Å². The van der Waals surface area contributed by atoms with Crippen molar-refractivity contribution in [3.05, 3.63) is 132 Å². The van der Waals surface area contributed by atoms with Gasteiger partial charge in [-0.2, -0.15) is 0 Å². The molecule has 1 fully saturated rings. The average Bonchev–Trinajstić information content (AvgIpc) is 3.00. The second-order valence-corrected chi connectivity index (χ2v) is 11.7. The van der Waals surface area contributed by atoms with Gasteiger partial charge in [-0.25, -0.2) is 8.42 Å². The zero-order valence-electron chi connectivity index (χ0n) is 21.7. The molecule has 5 rings (SSSR count). The molecule has 4 aromatic rings. The summed E-state index contributed by atoms with van der Waals surface area (Å²) in [7, 11) is -3.79. The standard InChI is InChI=1S/C32H32N2O4S/c35-31(33-25-32(20-22-38-23-21-32)28-10-4-1-5-11-28)27-18-16-26(17-19-27)24-34(29-12-6-2-7-13-29)39(36,37)30-14-8-3-9-15-30/h1-19H,20-25H2,(H,33,35). The third kappa shape index (κ3) is 6.05. The number of anilines is 1. The number of sulfonamides is 1. The van der Waals surface area contributed by atoms with Crippen molar-refractivity contribution in [1.29, 1.82) is 0 Å². The van der Waals surface area contributed by atoms with Crippen molar-refractivity contribution >= 4 is 21.6 Å². The van der Waals surface area contributed by atoms with Crippen molar-refractivity contribution in [3.8, 4) is 0 Å². The van der Waals surface area contributed by atoms with Crippen molar-refractivity contribution in [3.63, 3.8) is 0 Å². The van der Waals surface area contributed by atoms with Crippen molar-refractivity contribution < 1.29 is 17.9 Å². The van der Waals surface area contributed by atoms with Gasteiger partial charge in [-0.1, -0.05) is 78.9 Å². The molecule has 0 radical (unpaired) electrons. The van der Waals surface area contributed by atoms with Gasteiger partial charge in [0.1, 0.15) is 0 Å². The van der Waals surface area contributed by atoms with E-state index in [2.05, 4.69) is 17.4 Å². The van der Waals surface area contributed by atoms with Gasteiger partial charge < -0.3 is 10.1 Å². The highest BCUT2D eigenvalue weighted by molar-refractivity contribution is 7.92. The number of nitrogens with zero attached hydrogens (tertiary/aromatic N) is 1. The van der Waals surface area contributed by atoms with Crippen molar-refractivity contribution in [2.45, 2.75) is 29.7 Å². The lowest BCUT2D eigenvalue weighted by molar-refractivity contribution is 0.0487. The summed E-state index contributed by atoms with van der Waals surface area (Å²) < 4.78 is 34.1. The number of hydrogen-bond acceptors (Lipinski definition) is 4. The average molecular weight is 541 g/mol. The van der Waals surface area contributed by atoms with Crippen molar-refractivity contribution in [1.82, 2.24) is 5.32 Å². The Balaban J connectivity index is 1.32. The lowest BCUT2D eigenvalue weighted by Crippen LogP contribution is -2.44. The molecule has 1 aliphatic heterocycles. The van der Waals surface area contributed by atoms with Crippen LogP contribution in [0.2, 0.25) is 0 Å². The van der Waals surface area contributed by atoms with Crippen LogP contribution in [0.25, 0.3) is 0 Å². The molecule has 1 aliphatic rings. The molecule has 39 heavy (non-hydrogen) atoms. The first-order valence-corrected chi connectivity index (χ1v) is 14.6. The molecule has 7 heteroatoms. The van der Waals surface area contributed by atoms with Crippen LogP contribution in [0.3, 0.4) is 0 Å². The molecule has 0 unspecified atom stereocenters. The second kappa shape index (κ2) is 11.8. The van der Waals surface area contributed by atoms with E-state index in [1.54, 1.807) is 54.6 Å². The second-order valence-electron chi connectivity index (χ2n) is 9.80. The number of nitrogens with one attached hydrogen (secondary N) is 1. The van der Waals surface area contributed by atoms with Gasteiger partial charge in [-0.05, 0) is 60.4 Å². The highest BCUT2D eigenvalue weighted by Crippen LogP contribution is 2.34. The molecule has 0 aromatic heterocycles. The van der Waals surface area contributed by atoms with E-state index in [4.69, 9.17) is 4.74 Å². The number of carbonyl (C=O) groups excluding carboxylic acids is 1. The molecule has 0 atom stereocenters. The van der Waals surface area contributed by atoms with Crippen LogP contribution in [-0.2, 0) is 26.7 Å². The number of benzene rings is 4. The minimum atomic E-state index is -3.79. The van der Waals surface area contributed by atoms with Crippen molar-refractivity contribution in [2.75, 3.05) is 24.1 Å². The van der Waals surface area contributed by atoms with Gasteiger partial charge in [0.25, 0.3) is 15.9 Å². The SMILES string of the molecule is O=C(NCC1(c2ccccc2)CCOCC1)c1ccc(CN(c2ccccc2)S(=O)(=O)c2ccccc2)cc1. The van der Waals surface area contributed by atoms with Gasteiger partial charge in [0.15, 0.2) is 0 Å². The summed E-state index contributed by atoms with van der Waals surface area (Å²) in [6.45, 7) is 2.00. The Bertz CT molecular complexity index is 1470. The van der Waals surface area contributed by atoms with Crippen LogP contribution in [-0.4, -0.2) is 34.1 Å². The predicted molar refractivity (Wildman–Crippen MR) is 153 cm³/mol. The summed E-state index contributed by atoms with van der Waals surface area (Å²) >= 11 is 0. The molecule has 0 saturated carbocycles. The normalized spacial score (nSPS) is 14.9. The Morgan fingerprint density at radius 2 is 1.33 bits per heavy atom. The van der Waals surface area contributed by atoms with Crippen LogP contribution in [0.15, 0.2) is 120 Å². The maximum atomic E-state index is 13.5. The van der Waals surface area contributed by atoms with E-state index in [-0.39, 0.29) is 22.8 Å². The number of para-hydroxylation sites is 1. The molecular weight excluding hydrogens is 508 g/mol. The van der Waals surface area contributed by atoms with Crippen LogP contribution in [0, 0.1) is 0 Å². The van der Waals surface area contributed by atoms with E-state index in [0.717, 1.165) is 18.4 Å². The van der Waals surface area contributed by atoms with Gasteiger partial charge >= 0.3 is 0 Å². The van der Waals surface area contributed by atoms with Crippen LogP contribution >= 0.6 is 0 Å². The fourth-order valence-electron chi connectivity index (χ4n) is 5.03. The minimum absolute atomic E-state index is 0.139. The van der Waals surface area contributed by atoms with Gasteiger partial charge in [-0.15, -0.1) is 0 Å². The van der Waals surface area contributed by atoms with Crippen molar-refractivity contribution in [2.24, 2.45) is 0 Å². The third-order valence-electron chi connectivity index (χ3n) is 7.34. The number of hydrogen-bond donors (Lipinski definition) is 1. The number of amides is 1. The molecular formula is C32H32N2O4S. The fraction of sp³-hybridized carbons (Fsp3) is 0.219. The lowest BCUT2D eigenvalue weighted by Gasteiger charge is -2.38. The first-order chi connectivity index (χ1) is 19.0. The minimum Gasteiger partial charge on any atom is -0.381 e. The summed E-state index contributed by atoms with van der Waals surface area (Å²) in [6.07, 6.45) is 1.70. The topological polar surface area (TPSA) is 75.7 Å².